The van der Waals surface area contributed by atoms with Gasteiger partial charge in [-0.1, -0.05) is 40.2 Å². The third-order valence-electron chi connectivity index (χ3n) is 7.19. The highest BCUT2D eigenvalue weighted by molar-refractivity contribution is 9.09. The minimum Gasteiger partial charge on any atom is -0.496 e. The number of hydrogen-bond acceptors (Lipinski definition) is 9. The largest absolute Gasteiger partial charge is 0.496 e. The van der Waals surface area contributed by atoms with Gasteiger partial charge in [0.05, 0.1) is 35.2 Å². The van der Waals surface area contributed by atoms with Crippen molar-refractivity contribution in [3.8, 4) is 11.8 Å². The van der Waals surface area contributed by atoms with Crippen LogP contribution in [0.25, 0.3) is 10.9 Å². The molecule has 0 spiro atoms. The second kappa shape index (κ2) is 15.6. The number of nitrogens with one attached hydrogen (secondary N) is 3. The molecule has 1 amide bonds. The number of alkyl halides is 1. The first kappa shape index (κ1) is 34.3. The SMILES string of the molecule is COc1cc2ncc(C#N)c(Nc3cc(C)ccc3CC(=O)NCCNS(=O)(=O)c3ccccc3[N+](=O)[O-])c2cc1CCCCBr. The fraction of sp³-hybridized carbons (Fsp3) is 0.281. The van der Waals surface area contributed by atoms with Gasteiger partial charge in [0.15, 0.2) is 4.90 Å². The van der Waals surface area contributed by atoms with E-state index in [-0.39, 0.29) is 25.4 Å². The van der Waals surface area contributed by atoms with Gasteiger partial charge in [-0.15, -0.1) is 0 Å². The molecule has 0 bridgehead atoms. The fourth-order valence-electron chi connectivity index (χ4n) is 4.91. The summed E-state index contributed by atoms with van der Waals surface area (Å²) in [5.41, 5.74) is 4.24. The first-order valence-corrected chi connectivity index (χ1v) is 17.0. The molecule has 0 atom stereocenters. The number of pyridine rings is 1. The zero-order chi connectivity index (χ0) is 33.3. The van der Waals surface area contributed by atoms with Crippen LogP contribution in [0.15, 0.2) is 65.7 Å². The number of carbonyl (C=O) groups excluding carboxylic acids is 1. The van der Waals surface area contributed by atoms with E-state index in [4.69, 9.17) is 4.74 Å². The first-order chi connectivity index (χ1) is 22.1. The molecule has 12 nitrogen and oxygen atoms in total. The van der Waals surface area contributed by atoms with E-state index < -0.39 is 25.5 Å². The molecule has 0 aliphatic rings. The number of halogens is 1. The number of ether oxygens (including phenoxy) is 1. The van der Waals surface area contributed by atoms with Crippen molar-refractivity contribution in [3.63, 3.8) is 0 Å². The van der Waals surface area contributed by atoms with Crippen LogP contribution < -0.4 is 20.1 Å². The Balaban J connectivity index is 1.51. The van der Waals surface area contributed by atoms with Crippen LogP contribution in [0.3, 0.4) is 0 Å². The van der Waals surface area contributed by atoms with Crippen LogP contribution in [0.5, 0.6) is 5.75 Å². The number of nitrogens with zero attached hydrogens (tertiary/aromatic N) is 3. The molecule has 0 saturated carbocycles. The van der Waals surface area contributed by atoms with Crippen molar-refractivity contribution >= 4 is 59.8 Å². The molecule has 3 N–H and O–H groups in total. The van der Waals surface area contributed by atoms with Crippen molar-refractivity contribution in [2.45, 2.75) is 37.5 Å². The molecule has 0 saturated heterocycles. The van der Waals surface area contributed by atoms with E-state index in [9.17, 15) is 28.6 Å². The highest BCUT2D eigenvalue weighted by Gasteiger charge is 2.24. The smallest absolute Gasteiger partial charge is 0.289 e. The zero-order valence-electron chi connectivity index (χ0n) is 25.3. The minimum absolute atomic E-state index is 0.0317. The number of nitriles is 1. The predicted molar refractivity (Wildman–Crippen MR) is 179 cm³/mol. The number of amides is 1. The summed E-state index contributed by atoms with van der Waals surface area (Å²) in [5.74, 6) is 0.359. The zero-order valence-corrected chi connectivity index (χ0v) is 27.7. The summed E-state index contributed by atoms with van der Waals surface area (Å²) >= 11 is 3.47. The molecule has 4 rings (SSSR count). The van der Waals surface area contributed by atoms with Gasteiger partial charge in [-0.2, -0.15) is 5.26 Å². The Hall–Kier alpha value is -4.58. The molecule has 46 heavy (non-hydrogen) atoms. The molecule has 1 heterocycles. The number of unbranched alkanes of at least 4 members (excludes halogenated alkanes) is 1. The van der Waals surface area contributed by atoms with Crippen molar-refractivity contribution in [2.24, 2.45) is 0 Å². The number of hydrogen-bond donors (Lipinski definition) is 3. The van der Waals surface area contributed by atoms with Crippen molar-refractivity contribution < 1.29 is 22.9 Å². The topological polar surface area (TPSA) is 176 Å². The summed E-state index contributed by atoms with van der Waals surface area (Å²) in [6.45, 7) is 1.70. The average molecular weight is 710 g/mol. The molecule has 0 radical (unpaired) electrons. The lowest BCUT2D eigenvalue weighted by atomic mass is 10.0. The van der Waals surface area contributed by atoms with Crippen LogP contribution >= 0.6 is 15.9 Å². The maximum atomic E-state index is 12.9. The molecule has 0 aliphatic carbocycles. The number of aromatic nitrogens is 1. The van der Waals surface area contributed by atoms with Gasteiger partial charge in [-0.25, -0.2) is 13.1 Å². The summed E-state index contributed by atoms with van der Waals surface area (Å²) in [4.78, 5) is 27.4. The Labute approximate surface area is 275 Å². The molecule has 0 fully saturated rings. The quantitative estimate of drug-likeness (QED) is 0.0629. The monoisotopic (exact) mass is 708 g/mol. The predicted octanol–water partition coefficient (Wildman–Crippen LogP) is 5.43. The van der Waals surface area contributed by atoms with Gasteiger partial charge in [-0.3, -0.25) is 19.9 Å². The summed E-state index contributed by atoms with van der Waals surface area (Å²) in [6, 6.07) is 16.7. The second-order valence-electron chi connectivity index (χ2n) is 10.4. The lowest BCUT2D eigenvalue weighted by Gasteiger charge is -2.17. The van der Waals surface area contributed by atoms with Crippen LogP contribution in [0.2, 0.25) is 0 Å². The van der Waals surface area contributed by atoms with E-state index in [0.29, 0.717) is 28.0 Å². The van der Waals surface area contributed by atoms with Gasteiger partial charge in [0, 0.05) is 47.8 Å². The number of aryl methyl sites for hydroxylation is 2. The van der Waals surface area contributed by atoms with E-state index in [1.165, 1.54) is 18.3 Å². The second-order valence-corrected chi connectivity index (χ2v) is 12.9. The third kappa shape index (κ3) is 8.36. The molecule has 14 heteroatoms. The highest BCUT2D eigenvalue weighted by Crippen LogP contribution is 2.35. The van der Waals surface area contributed by atoms with Crippen LogP contribution in [0.1, 0.15) is 35.1 Å². The van der Waals surface area contributed by atoms with Gasteiger partial charge in [0.25, 0.3) is 5.69 Å². The molecular formula is C32H33BrN6O6S. The van der Waals surface area contributed by atoms with E-state index in [1.807, 2.05) is 37.3 Å². The Bertz CT molecular complexity index is 1910. The van der Waals surface area contributed by atoms with Gasteiger partial charge in [0.2, 0.25) is 15.9 Å². The number of sulfonamides is 1. The van der Waals surface area contributed by atoms with E-state index >= 15 is 0 Å². The number of benzene rings is 3. The van der Waals surface area contributed by atoms with E-state index in [1.54, 1.807) is 7.11 Å². The Morgan fingerprint density at radius 1 is 1.11 bits per heavy atom. The number of nitro benzene ring substituents is 1. The maximum absolute atomic E-state index is 12.9. The summed E-state index contributed by atoms with van der Waals surface area (Å²) in [6.07, 6.45) is 4.21. The highest BCUT2D eigenvalue weighted by atomic mass is 79.9. The van der Waals surface area contributed by atoms with E-state index in [0.717, 1.165) is 59.0 Å². The summed E-state index contributed by atoms with van der Waals surface area (Å²) in [5, 5.41) is 28.9. The molecular weight excluding hydrogens is 676 g/mol. The number of methoxy groups -OCH3 is 1. The maximum Gasteiger partial charge on any atom is 0.289 e. The number of fused-ring (bicyclic) bond motifs is 1. The van der Waals surface area contributed by atoms with Crippen molar-refractivity contribution in [1.82, 2.24) is 15.0 Å². The van der Waals surface area contributed by atoms with Crippen molar-refractivity contribution in [2.75, 3.05) is 30.8 Å². The van der Waals surface area contributed by atoms with Gasteiger partial charge in [0.1, 0.15) is 11.8 Å². The molecule has 4 aromatic rings. The Morgan fingerprint density at radius 3 is 2.61 bits per heavy atom. The number of carbonyl (C=O) groups is 1. The van der Waals surface area contributed by atoms with Crippen LogP contribution in [0, 0.1) is 28.4 Å². The minimum atomic E-state index is -4.17. The number of para-hydroxylation sites is 1. The lowest BCUT2D eigenvalue weighted by Crippen LogP contribution is -2.35. The normalized spacial score (nSPS) is 11.2. The Kier molecular flexibility index (Phi) is 11.6. The lowest BCUT2D eigenvalue weighted by molar-refractivity contribution is -0.387. The Morgan fingerprint density at radius 2 is 1.89 bits per heavy atom. The summed E-state index contributed by atoms with van der Waals surface area (Å²) < 4.78 is 33.2. The molecule has 0 aliphatic heterocycles. The molecule has 3 aromatic carbocycles. The van der Waals surface area contributed by atoms with Gasteiger partial charge >= 0.3 is 0 Å². The van der Waals surface area contributed by atoms with Crippen LogP contribution in [-0.4, -0.2) is 49.8 Å². The van der Waals surface area contributed by atoms with E-state index in [2.05, 4.69) is 42.3 Å². The van der Waals surface area contributed by atoms with Gasteiger partial charge in [-0.05, 0) is 61.1 Å². The van der Waals surface area contributed by atoms with Crippen LogP contribution in [0.4, 0.5) is 17.1 Å². The molecule has 0 unspecified atom stereocenters. The first-order valence-electron chi connectivity index (χ1n) is 14.4. The number of nitro groups is 1. The van der Waals surface area contributed by atoms with Crippen molar-refractivity contribution in [3.05, 3.63) is 93.2 Å². The van der Waals surface area contributed by atoms with Gasteiger partial charge < -0.3 is 15.4 Å². The van der Waals surface area contributed by atoms with Crippen molar-refractivity contribution in [1.29, 1.82) is 5.26 Å². The summed E-state index contributed by atoms with van der Waals surface area (Å²) in [7, 11) is -2.55. The van der Waals surface area contributed by atoms with Crippen LogP contribution in [-0.2, 0) is 27.7 Å². The fourth-order valence-corrected chi connectivity index (χ4v) is 6.51. The molecule has 240 valence electrons. The standard InChI is InChI=1S/C32H33BrN6O6S/c1-21-10-11-22(17-31(40)35-13-14-37-46(43,44)30-9-4-3-8-28(30)39(41)42)26(15-21)38-32-24(19-34)20-36-27-18-29(45-2)23(16-25(27)32)7-5-6-12-33/h3-4,8-11,15-16,18,20,37H,5-7,12-14,17H2,1-2H3,(H,35,40)(H,36,38). The average Bonchev–Trinajstić information content (AvgIpc) is 3.04. The number of rotatable bonds is 15. The third-order valence-corrected chi connectivity index (χ3v) is 9.26. The number of anilines is 2. The molecule has 1 aromatic heterocycles.